The van der Waals surface area contributed by atoms with Crippen LogP contribution in [0.1, 0.15) is 43.1 Å². The van der Waals surface area contributed by atoms with Gasteiger partial charge in [-0.15, -0.1) is 0 Å². The molecule has 0 aliphatic rings. The van der Waals surface area contributed by atoms with Crippen molar-refractivity contribution >= 4 is 11.6 Å². The van der Waals surface area contributed by atoms with Crippen LogP contribution in [0.15, 0.2) is 18.2 Å². The Bertz CT molecular complexity index is 446. The molecule has 0 atom stereocenters. The summed E-state index contributed by atoms with van der Waals surface area (Å²) in [5, 5.41) is 3.34. The molecule has 0 bridgehead atoms. The molecular weight excluding hydrogens is 264 g/mol. The van der Waals surface area contributed by atoms with Crippen LogP contribution in [0, 0.1) is 6.92 Å². The summed E-state index contributed by atoms with van der Waals surface area (Å²) in [6.45, 7) is 11.5. The van der Waals surface area contributed by atoms with Crippen molar-refractivity contribution in [2.75, 3.05) is 38.2 Å². The van der Waals surface area contributed by atoms with Crippen molar-refractivity contribution in [1.29, 1.82) is 0 Å². The molecule has 0 saturated heterocycles. The van der Waals surface area contributed by atoms with Crippen LogP contribution in [-0.4, -0.2) is 43.7 Å². The molecule has 118 valence electrons. The summed E-state index contributed by atoms with van der Waals surface area (Å²) in [6, 6.07) is 5.99. The predicted molar refractivity (Wildman–Crippen MR) is 88.0 cm³/mol. The first kappa shape index (κ1) is 17.5. The van der Waals surface area contributed by atoms with Crippen LogP contribution in [0.2, 0.25) is 0 Å². The van der Waals surface area contributed by atoms with Gasteiger partial charge in [0, 0.05) is 31.9 Å². The van der Waals surface area contributed by atoms with Crippen LogP contribution in [0.5, 0.6) is 0 Å². The molecule has 0 radical (unpaired) electrons. The first-order valence-corrected chi connectivity index (χ1v) is 7.85. The number of benzene rings is 1. The van der Waals surface area contributed by atoms with E-state index < -0.39 is 0 Å². The van der Waals surface area contributed by atoms with Crippen LogP contribution in [-0.2, 0) is 4.74 Å². The Labute approximate surface area is 128 Å². The largest absolute Gasteiger partial charge is 0.384 e. The Morgan fingerprint density at radius 3 is 2.67 bits per heavy atom. The van der Waals surface area contributed by atoms with E-state index in [9.17, 15) is 4.79 Å². The van der Waals surface area contributed by atoms with Crippen molar-refractivity contribution in [3.63, 3.8) is 0 Å². The van der Waals surface area contributed by atoms with Crippen molar-refractivity contribution in [2.45, 2.75) is 34.1 Å². The lowest BCUT2D eigenvalue weighted by molar-refractivity contribution is 0.0670. The highest BCUT2D eigenvalue weighted by molar-refractivity contribution is 5.99. The summed E-state index contributed by atoms with van der Waals surface area (Å²) in [6.07, 6.45) is 1.03. The zero-order valence-electron chi connectivity index (χ0n) is 13.7. The number of nitrogens with one attached hydrogen (secondary N) is 1. The topological polar surface area (TPSA) is 41.6 Å². The van der Waals surface area contributed by atoms with E-state index in [0.29, 0.717) is 26.3 Å². The van der Waals surface area contributed by atoms with E-state index >= 15 is 0 Å². The number of nitrogens with zero attached hydrogens (tertiary/aromatic N) is 1. The summed E-state index contributed by atoms with van der Waals surface area (Å²) >= 11 is 0. The Morgan fingerprint density at radius 1 is 1.29 bits per heavy atom. The number of hydrogen-bond acceptors (Lipinski definition) is 3. The van der Waals surface area contributed by atoms with Gasteiger partial charge in [-0.2, -0.15) is 0 Å². The summed E-state index contributed by atoms with van der Waals surface area (Å²) in [7, 11) is 0. The normalized spacial score (nSPS) is 10.5. The third-order valence-corrected chi connectivity index (χ3v) is 3.35. The first-order chi connectivity index (χ1) is 10.1. The number of rotatable bonds is 9. The minimum Gasteiger partial charge on any atom is -0.384 e. The maximum Gasteiger partial charge on any atom is 0.256 e. The van der Waals surface area contributed by atoms with Crippen LogP contribution in [0.25, 0.3) is 0 Å². The second-order valence-corrected chi connectivity index (χ2v) is 5.06. The van der Waals surface area contributed by atoms with Gasteiger partial charge in [0.1, 0.15) is 0 Å². The smallest absolute Gasteiger partial charge is 0.256 e. The fourth-order valence-electron chi connectivity index (χ4n) is 2.14. The minimum absolute atomic E-state index is 0.0690. The highest BCUT2D eigenvalue weighted by Gasteiger charge is 2.17. The van der Waals surface area contributed by atoms with E-state index in [1.807, 2.05) is 43.9 Å². The van der Waals surface area contributed by atoms with Gasteiger partial charge in [-0.05, 0) is 39.3 Å². The number of anilines is 1. The molecule has 0 aromatic heterocycles. The second-order valence-electron chi connectivity index (χ2n) is 5.06. The summed E-state index contributed by atoms with van der Waals surface area (Å²) in [5.74, 6) is 0.0690. The number of carbonyl (C=O) groups excluding carboxylic acids is 1. The van der Waals surface area contributed by atoms with E-state index in [-0.39, 0.29) is 5.91 Å². The van der Waals surface area contributed by atoms with E-state index in [1.54, 1.807) is 0 Å². The van der Waals surface area contributed by atoms with E-state index in [1.165, 1.54) is 0 Å². The van der Waals surface area contributed by atoms with E-state index in [2.05, 4.69) is 12.2 Å². The highest BCUT2D eigenvalue weighted by Crippen LogP contribution is 2.19. The highest BCUT2D eigenvalue weighted by atomic mass is 16.5. The maximum atomic E-state index is 12.7. The molecule has 0 spiro atoms. The average molecular weight is 292 g/mol. The lowest BCUT2D eigenvalue weighted by atomic mass is 10.1. The lowest BCUT2D eigenvalue weighted by Crippen LogP contribution is -2.34. The van der Waals surface area contributed by atoms with Gasteiger partial charge >= 0.3 is 0 Å². The van der Waals surface area contributed by atoms with Gasteiger partial charge in [0.15, 0.2) is 0 Å². The van der Waals surface area contributed by atoms with Crippen LogP contribution < -0.4 is 5.32 Å². The number of ether oxygens (including phenoxy) is 1. The molecule has 0 heterocycles. The zero-order chi connectivity index (χ0) is 15.7. The number of amides is 1. The monoisotopic (exact) mass is 292 g/mol. The van der Waals surface area contributed by atoms with Crippen molar-refractivity contribution in [3.05, 3.63) is 29.3 Å². The maximum absolute atomic E-state index is 12.7. The Balaban J connectivity index is 2.89. The first-order valence-electron chi connectivity index (χ1n) is 7.85. The van der Waals surface area contributed by atoms with Crippen LogP contribution >= 0.6 is 0 Å². The predicted octanol–water partition coefficient (Wildman–Crippen LogP) is 3.32. The fourth-order valence-corrected chi connectivity index (χ4v) is 2.14. The van der Waals surface area contributed by atoms with Gasteiger partial charge in [0.25, 0.3) is 5.91 Å². The third-order valence-electron chi connectivity index (χ3n) is 3.35. The molecule has 1 N–H and O–H groups in total. The van der Waals surface area contributed by atoms with Crippen LogP contribution in [0.3, 0.4) is 0 Å². The number of aryl methyl sites for hydroxylation is 1. The van der Waals surface area contributed by atoms with Gasteiger partial charge in [0.2, 0.25) is 0 Å². The molecule has 0 fully saturated rings. The molecule has 4 nitrogen and oxygen atoms in total. The second kappa shape index (κ2) is 9.40. The molecule has 1 aromatic rings. The van der Waals surface area contributed by atoms with E-state index in [4.69, 9.17) is 4.74 Å². The summed E-state index contributed by atoms with van der Waals surface area (Å²) < 4.78 is 5.36. The Morgan fingerprint density at radius 2 is 2.05 bits per heavy atom. The van der Waals surface area contributed by atoms with Gasteiger partial charge < -0.3 is 15.0 Å². The zero-order valence-corrected chi connectivity index (χ0v) is 13.7. The van der Waals surface area contributed by atoms with Gasteiger partial charge in [-0.3, -0.25) is 4.79 Å². The Kier molecular flexibility index (Phi) is 7.83. The quantitative estimate of drug-likeness (QED) is 0.710. The summed E-state index contributed by atoms with van der Waals surface area (Å²) in [5.41, 5.74) is 2.77. The lowest BCUT2D eigenvalue weighted by Gasteiger charge is -2.22. The third kappa shape index (κ3) is 5.38. The molecule has 0 saturated carbocycles. The van der Waals surface area contributed by atoms with Crippen molar-refractivity contribution in [2.24, 2.45) is 0 Å². The number of hydrogen-bond donors (Lipinski definition) is 1. The molecule has 0 aliphatic heterocycles. The molecule has 0 unspecified atom stereocenters. The minimum atomic E-state index is 0.0690. The molecule has 21 heavy (non-hydrogen) atoms. The summed E-state index contributed by atoms with van der Waals surface area (Å²) in [4.78, 5) is 14.6. The van der Waals surface area contributed by atoms with E-state index in [0.717, 1.165) is 29.8 Å². The van der Waals surface area contributed by atoms with Gasteiger partial charge in [0.05, 0.1) is 12.2 Å². The SMILES string of the molecule is CCCNc1ccc(C)cc1C(=O)N(CC)CCOCC. The van der Waals surface area contributed by atoms with Gasteiger partial charge in [-0.25, -0.2) is 0 Å². The molecular formula is C17H28N2O2. The molecule has 1 aromatic carbocycles. The number of likely N-dealkylation sites (N-methyl/N-ethyl adjacent to an activating group) is 1. The molecule has 1 rings (SSSR count). The molecule has 0 aliphatic carbocycles. The van der Waals surface area contributed by atoms with Gasteiger partial charge in [-0.1, -0.05) is 18.6 Å². The molecule has 4 heteroatoms. The van der Waals surface area contributed by atoms with Crippen LogP contribution in [0.4, 0.5) is 5.69 Å². The number of carbonyl (C=O) groups is 1. The molecule has 1 amide bonds. The fraction of sp³-hybridized carbons (Fsp3) is 0.588. The standard InChI is InChI=1S/C17H28N2O2/c1-5-10-18-16-9-8-14(4)13-15(16)17(20)19(6-2)11-12-21-7-3/h8-9,13,18H,5-7,10-12H2,1-4H3. The van der Waals surface area contributed by atoms with Crippen molar-refractivity contribution in [3.8, 4) is 0 Å². The average Bonchev–Trinajstić information content (AvgIpc) is 2.50. The van der Waals surface area contributed by atoms with Crippen molar-refractivity contribution < 1.29 is 9.53 Å². The Hall–Kier alpha value is -1.55. The van der Waals surface area contributed by atoms with Crippen molar-refractivity contribution in [1.82, 2.24) is 4.90 Å².